The van der Waals surface area contributed by atoms with Gasteiger partial charge in [-0.2, -0.15) is 0 Å². The van der Waals surface area contributed by atoms with Crippen LogP contribution in [0.15, 0.2) is 11.4 Å². The van der Waals surface area contributed by atoms with Gasteiger partial charge in [0.2, 0.25) is 5.91 Å². The number of fused-ring (bicyclic) bond motifs is 1. The molecular formula is C16H21N3O3S3. The van der Waals surface area contributed by atoms with E-state index < -0.39 is 9.84 Å². The Morgan fingerprint density at radius 2 is 2.12 bits per heavy atom. The number of sulfone groups is 1. The molecule has 1 amide bonds. The Labute approximate surface area is 156 Å². The molecule has 0 unspecified atom stereocenters. The molecule has 3 heterocycles. The van der Waals surface area contributed by atoms with Crippen molar-refractivity contribution in [1.29, 1.82) is 0 Å². The Kier molecular flexibility index (Phi) is 5.09. The molecule has 3 rings (SSSR count). The summed E-state index contributed by atoms with van der Waals surface area (Å²) < 4.78 is 23.3. The van der Waals surface area contributed by atoms with Crippen LogP contribution in [0, 0.1) is 13.8 Å². The monoisotopic (exact) mass is 399 g/mol. The highest BCUT2D eigenvalue weighted by Gasteiger charge is 2.34. The highest BCUT2D eigenvalue weighted by Crippen LogP contribution is 2.36. The molecule has 0 N–H and O–H groups in total. The van der Waals surface area contributed by atoms with Crippen molar-refractivity contribution in [1.82, 2.24) is 14.9 Å². The van der Waals surface area contributed by atoms with Crippen LogP contribution in [0.3, 0.4) is 0 Å². The maximum absolute atomic E-state index is 12.7. The number of amides is 1. The number of hydrogen-bond donors (Lipinski definition) is 0. The molecule has 9 heteroatoms. The standard InChI is InChI=1S/C16H21N3O3S3/c1-9-10(2)23-14-13(9)15(18-8-17-14)24-11(3)16(20)19(4)12-5-6-25(21,22)7-12/h8,11-12H,5-7H2,1-4H3/t11-,12+/m0/s1. The first-order chi connectivity index (χ1) is 11.7. The number of nitrogens with zero attached hydrogens (tertiary/aromatic N) is 3. The predicted octanol–water partition coefficient (Wildman–Crippen LogP) is 2.43. The maximum Gasteiger partial charge on any atom is 0.235 e. The van der Waals surface area contributed by atoms with E-state index in [1.54, 1.807) is 23.3 Å². The van der Waals surface area contributed by atoms with Crippen LogP contribution in [0.1, 0.15) is 23.8 Å². The summed E-state index contributed by atoms with van der Waals surface area (Å²) in [5.41, 5.74) is 1.15. The fourth-order valence-corrected chi connectivity index (χ4v) is 6.92. The molecule has 0 aliphatic carbocycles. The van der Waals surface area contributed by atoms with Gasteiger partial charge in [0.05, 0.1) is 16.8 Å². The Morgan fingerprint density at radius 3 is 2.76 bits per heavy atom. The number of carbonyl (C=O) groups excluding carboxylic acids is 1. The van der Waals surface area contributed by atoms with Gasteiger partial charge in [0.1, 0.15) is 16.2 Å². The summed E-state index contributed by atoms with van der Waals surface area (Å²) in [6, 6.07) is -0.226. The highest BCUT2D eigenvalue weighted by atomic mass is 32.2. The third-order valence-electron chi connectivity index (χ3n) is 4.67. The lowest BCUT2D eigenvalue weighted by Crippen LogP contribution is -2.41. The quantitative estimate of drug-likeness (QED) is 0.580. The van der Waals surface area contributed by atoms with E-state index in [1.807, 2.05) is 13.8 Å². The number of hydrogen-bond acceptors (Lipinski definition) is 7. The smallest absolute Gasteiger partial charge is 0.235 e. The molecule has 1 fully saturated rings. The minimum absolute atomic E-state index is 0.0627. The zero-order chi connectivity index (χ0) is 18.4. The normalized spacial score (nSPS) is 20.7. The summed E-state index contributed by atoms with van der Waals surface area (Å²) in [7, 11) is -1.32. The lowest BCUT2D eigenvalue weighted by molar-refractivity contribution is -0.130. The number of thioether (sulfide) groups is 1. The van der Waals surface area contributed by atoms with Crippen molar-refractivity contribution in [2.45, 2.75) is 43.5 Å². The van der Waals surface area contributed by atoms with E-state index in [0.29, 0.717) is 6.42 Å². The third kappa shape index (κ3) is 3.68. The van der Waals surface area contributed by atoms with E-state index in [4.69, 9.17) is 0 Å². The van der Waals surface area contributed by atoms with Crippen LogP contribution in [0.25, 0.3) is 10.2 Å². The Hall–Kier alpha value is -1.19. The highest BCUT2D eigenvalue weighted by molar-refractivity contribution is 8.00. The van der Waals surface area contributed by atoms with Crippen LogP contribution < -0.4 is 0 Å². The largest absolute Gasteiger partial charge is 0.341 e. The van der Waals surface area contributed by atoms with Gasteiger partial charge in [-0.15, -0.1) is 11.3 Å². The second-order valence-electron chi connectivity index (χ2n) is 6.41. The van der Waals surface area contributed by atoms with E-state index in [-0.39, 0.29) is 28.7 Å². The number of rotatable bonds is 4. The van der Waals surface area contributed by atoms with Gasteiger partial charge in [-0.1, -0.05) is 11.8 Å². The number of aryl methyl sites for hydroxylation is 2. The second-order valence-corrected chi connectivity index (χ2v) is 11.2. The summed E-state index contributed by atoms with van der Waals surface area (Å²) in [6.07, 6.45) is 2.05. The first kappa shape index (κ1) is 18.6. The molecule has 1 aliphatic heterocycles. The lowest BCUT2D eigenvalue weighted by Gasteiger charge is -2.26. The predicted molar refractivity (Wildman–Crippen MR) is 102 cm³/mol. The van der Waals surface area contributed by atoms with Gasteiger partial charge in [-0.3, -0.25) is 4.79 Å². The summed E-state index contributed by atoms with van der Waals surface area (Å²) in [4.78, 5) is 25.2. The molecule has 25 heavy (non-hydrogen) atoms. The fraction of sp³-hybridized carbons (Fsp3) is 0.562. The van der Waals surface area contributed by atoms with Crippen molar-refractivity contribution in [3.05, 3.63) is 16.8 Å². The van der Waals surface area contributed by atoms with Crippen LogP contribution >= 0.6 is 23.1 Å². The Morgan fingerprint density at radius 1 is 1.40 bits per heavy atom. The van der Waals surface area contributed by atoms with Gasteiger partial charge >= 0.3 is 0 Å². The van der Waals surface area contributed by atoms with Crippen LogP contribution in [0.5, 0.6) is 0 Å². The first-order valence-electron chi connectivity index (χ1n) is 8.04. The van der Waals surface area contributed by atoms with E-state index in [1.165, 1.54) is 23.0 Å². The lowest BCUT2D eigenvalue weighted by atomic mass is 10.2. The number of carbonyl (C=O) groups is 1. The molecule has 2 atom stereocenters. The minimum atomic E-state index is -3.01. The number of thiophene rings is 1. The van der Waals surface area contributed by atoms with Gasteiger partial charge in [0.15, 0.2) is 9.84 Å². The summed E-state index contributed by atoms with van der Waals surface area (Å²) >= 11 is 3.04. The van der Waals surface area contributed by atoms with Gasteiger partial charge in [-0.05, 0) is 32.8 Å². The van der Waals surface area contributed by atoms with Gasteiger partial charge < -0.3 is 4.90 Å². The SMILES string of the molecule is Cc1sc2ncnc(S[C@@H](C)C(=O)N(C)[C@@H]3CCS(=O)(=O)C3)c2c1C. The molecule has 2 aromatic rings. The van der Waals surface area contributed by atoms with Gasteiger partial charge in [0, 0.05) is 23.4 Å². The van der Waals surface area contributed by atoms with E-state index in [2.05, 4.69) is 16.9 Å². The van der Waals surface area contributed by atoms with Crippen molar-refractivity contribution < 1.29 is 13.2 Å². The first-order valence-corrected chi connectivity index (χ1v) is 11.6. The molecule has 0 aromatic carbocycles. The summed E-state index contributed by atoms with van der Waals surface area (Å²) in [5, 5.41) is 1.48. The average Bonchev–Trinajstić information content (AvgIpc) is 3.06. The third-order valence-corrected chi connectivity index (χ3v) is 8.62. The van der Waals surface area contributed by atoms with E-state index in [0.717, 1.165) is 20.8 Å². The molecule has 2 aromatic heterocycles. The molecule has 1 aliphatic rings. The van der Waals surface area contributed by atoms with Crippen molar-refractivity contribution >= 4 is 49.1 Å². The average molecular weight is 400 g/mol. The zero-order valence-corrected chi connectivity index (χ0v) is 17.1. The zero-order valence-electron chi connectivity index (χ0n) is 14.6. The molecular weight excluding hydrogens is 378 g/mol. The van der Waals surface area contributed by atoms with Crippen LogP contribution in [-0.4, -0.2) is 59.0 Å². The van der Waals surface area contributed by atoms with Crippen molar-refractivity contribution in [2.75, 3.05) is 18.6 Å². The summed E-state index contributed by atoms with van der Waals surface area (Å²) in [5.74, 6) is 0.160. The fourth-order valence-electron chi connectivity index (χ4n) is 3.00. The maximum atomic E-state index is 12.7. The van der Waals surface area contributed by atoms with Crippen LogP contribution in [0.4, 0.5) is 0 Å². The Balaban J connectivity index is 1.78. The summed E-state index contributed by atoms with van der Waals surface area (Å²) in [6.45, 7) is 5.94. The van der Waals surface area contributed by atoms with Crippen molar-refractivity contribution in [3.8, 4) is 0 Å². The minimum Gasteiger partial charge on any atom is -0.341 e. The molecule has 0 spiro atoms. The molecule has 6 nitrogen and oxygen atoms in total. The Bertz CT molecular complexity index is 923. The number of aromatic nitrogens is 2. The molecule has 0 bridgehead atoms. The topological polar surface area (TPSA) is 80.2 Å². The molecule has 0 saturated carbocycles. The van der Waals surface area contributed by atoms with Crippen molar-refractivity contribution in [2.24, 2.45) is 0 Å². The molecule has 1 saturated heterocycles. The molecule has 0 radical (unpaired) electrons. The van der Waals surface area contributed by atoms with Crippen molar-refractivity contribution in [3.63, 3.8) is 0 Å². The van der Waals surface area contributed by atoms with E-state index >= 15 is 0 Å². The second kappa shape index (κ2) is 6.85. The van der Waals surface area contributed by atoms with Gasteiger partial charge in [0.25, 0.3) is 0 Å². The van der Waals surface area contributed by atoms with Crippen LogP contribution in [-0.2, 0) is 14.6 Å². The van der Waals surface area contributed by atoms with Crippen LogP contribution in [0.2, 0.25) is 0 Å². The van der Waals surface area contributed by atoms with E-state index in [9.17, 15) is 13.2 Å². The van der Waals surface area contributed by atoms with Gasteiger partial charge in [-0.25, -0.2) is 18.4 Å². The molecule has 136 valence electrons.